The van der Waals surface area contributed by atoms with Crippen molar-refractivity contribution < 1.29 is 19.0 Å². The Kier molecular flexibility index (Phi) is 6.82. The molecule has 0 aliphatic rings. The predicted octanol–water partition coefficient (Wildman–Crippen LogP) is 2.61. The van der Waals surface area contributed by atoms with Crippen molar-refractivity contribution in [1.29, 1.82) is 0 Å². The average molecular weight is 362 g/mol. The Morgan fingerprint density at radius 1 is 1.19 bits per heavy atom. The van der Waals surface area contributed by atoms with Crippen LogP contribution in [-0.4, -0.2) is 46.3 Å². The fourth-order valence-corrected chi connectivity index (χ4v) is 2.48. The molecule has 142 valence electrons. The van der Waals surface area contributed by atoms with Crippen LogP contribution < -0.4 is 0 Å². The van der Waals surface area contributed by atoms with Crippen LogP contribution in [0.1, 0.15) is 39.5 Å². The smallest absolute Gasteiger partial charge is 0.313 e. The van der Waals surface area contributed by atoms with Gasteiger partial charge < -0.3 is 14.2 Å². The number of esters is 1. The number of ether oxygens (including phenoxy) is 3. The van der Waals surface area contributed by atoms with Crippen molar-refractivity contribution in [3.05, 3.63) is 30.1 Å². The van der Waals surface area contributed by atoms with E-state index in [2.05, 4.69) is 15.3 Å². The molecule has 0 aliphatic heterocycles. The van der Waals surface area contributed by atoms with Gasteiger partial charge in [0.1, 0.15) is 5.69 Å². The molecule has 0 bridgehead atoms. The van der Waals surface area contributed by atoms with Crippen molar-refractivity contribution >= 4 is 5.97 Å². The number of carbonyl (C=O) groups is 1. The normalized spacial score (nSPS) is 11.8. The number of carbonyl (C=O) groups excluding carboxylic acids is 1. The maximum Gasteiger partial charge on any atom is 0.313 e. The number of hydrogen-bond acceptors (Lipinski definition) is 7. The summed E-state index contributed by atoms with van der Waals surface area (Å²) in [5.74, 6) is -0.296. The summed E-state index contributed by atoms with van der Waals surface area (Å²) in [6, 6.07) is 3.75. The molecule has 2 aromatic heterocycles. The Morgan fingerprint density at radius 3 is 2.42 bits per heavy atom. The zero-order chi connectivity index (χ0) is 19.2. The van der Waals surface area contributed by atoms with E-state index >= 15 is 0 Å². The SMILES string of the molecule is CCOC(OCC)c1ccc(-c2cn(CC(C)(C)C(=O)OC)nn2)nc1. The van der Waals surface area contributed by atoms with Crippen LogP contribution in [0.4, 0.5) is 0 Å². The van der Waals surface area contributed by atoms with E-state index in [4.69, 9.17) is 14.2 Å². The molecule has 0 amide bonds. The summed E-state index contributed by atoms with van der Waals surface area (Å²) in [5, 5.41) is 8.22. The lowest BCUT2D eigenvalue weighted by atomic mass is 9.94. The molecule has 0 aromatic carbocycles. The maximum absolute atomic E-state index is 11.8. The second-order valence-corrected chi connectivity index (χ2v) is 6.40. The van der Waals surface area contributed by atoms with E-state index in [1.165, 1.54) is 7.11 Å². The third kappa shape index (κ3) is 4.86. The largest absolute Gasteiger partial charge is 0.469 e. The number of aromatic nitrogens is 4. The van der Waals surface area contributed by atoms with Gasteiger partial charge in [-0.1, -0.05) is 11.3 Å². The molecule has 26 heavy (non-hydrogen) atoms. The molecule has 0 saturated carbocycles. The molecule has 0 atom stereocenters. The van der Waals surface area contributed by atoms with Crippen LogP contribution in [0.15, 0.2) is 24.5 Å². The number of nitrogens with zero attached hydrogens (tertiary/aromatic N) is 4. The molecule has 0 spiro atoms. The Labute approximate surface area is 153 Å². The molecular weight excluding hydrogens is 336 g/mol. The zero-order valence-corrected chi connectivity index (χ0v) is 15.9. The van der Waals surface area contributed by atoms with Crippen LogP contribution >= 0.6 is 0 Å². The van der Waals surface area contributed by atoms with E-state index in [1.54, 1.807) is 30.9 Å². The first-order chi connectivity index (χ1) is 12.4. The molecule has 8 nitrogen and oxygen atoms in total. The number of hydrogen-bond donors (Lipinski definition) is 0. The van der Waals surface area contributed by atoms with Gasteiger partial charge in [-0.3, -0.25) is 14.5 Å². The Balaban J connectivity index is 2.13. The zero-order valence-electron chi connectivity index (χ0n) is 15.9. The summed E-state index contributed by atoms with van der Waals surface area (Å²) in [5.41, 5.74) is 1.46. The van der Waals surface area contributed by atoms with E-state index < -0.39 is 11.7 Å². The van der Waals surface area contributed by atoms with Crippen molar-refractivity contribution in [2.45, 2.75) is 40.5 Å². The van der Waals surface area contributed by atoms with Crippen LogP contribution in [0.25, 0.3) is 11.4 Å². The fraction of sp³-hybridized carbons (Fsp3) is 0.556. The van der Waals surface area contributed by atoms with E-state index in [9.17, 15) is 4.79 Å². The molecule has 2 aromatic rings. The van der Waals surface area contributed by atoms with Gasteiger partial charge >= 0.3 is 5.97 Å². The molecule has 2 rings (SSSR count). The number of pyridine rings is 1. The van der Waals surface area contributed by atoms with Crippen LogP contribution in [0.5, 0.6) is 0 Å². The van der Waals surface area contributed by atoms with Gasteiger partial charge in [-0.2, -0.15) is 0 Å². The van der Waals surface area contributed by atoms with Crippen LogP contribution in [-0.2, 0) is 25.5 Å². The van der Waals surface area contributed by atoms with Gasteiger partial charge in [0, 0.05) is 25.0 Å². The predicted molar refractivity (Wildman–Crippen MR) is 95.0 cm³/mol. The maximum atomic E-state index is 11.8. The van der Waals surface area contributed by atoms with Gasteiger partial charge in [0.25, 0.3) is 0 Å². The lowest BCUT2D eigenvalue weighted by Gasteiger charge is -2.20. The topological polar surface area (TPSA) is 88.4 Å². The van der Waals surface area contributed by atoms with Crippen molar-refractivity contribution in [2.24, 2.45) is 5.41 Å². The van der Waals surface area contributed by atoms with Gasteiger partial charge in [0.15, 0.2) is 6.29 Å². The van der Waals surface area contributed by atoms with Gasteiger partial charge in [-0.05, 0) is 33.8 Å². The van der Waals surface area contributed by atoms with Gasteiger partial charge in [0.2, 0.25) is 0 Å². The summed E-state index contributed by atoms with van der Waals surface area (Å²) < 4.78 is 17.6. The van der Waals surface area contributed by atoms with Crippen molar-refractivity contribution in [3.63, 3.8) is 0 Å². The van der Waals surface area contributed by atoms with Crippen molar-refractivity contribution in [3.8, 4) is 11.4 Å². The molecule has 8 heteroatoms. The monoisotopic (exact) mass is 362 g/mol. The highest BCUT2D eigenvalue weighted by atomic mass is 16.7. The Bertz CT molecular complexity index is 706. The van der Waals surface area contributed by atoms with Crippen molar-refractivity contribution in [2.75, 3.05) is 20.3 Å². The van der Waals surface area contributed by atoms with Gasteiger partial charge in [-0.15, -0.1) is 5.10 Å². The molecule has 0 fully saturated rings. The summed E-state index contributed by atoms with van der Waals surface area (Å²) in [6.07, 6.45) is 3.04. The Morgan fingerprint density at radius 2 is 1.88 bits per heavy atom. The van der Waals surface area contributed by atoms with Crippen molar-refractivity contribution in [1.82, 2.24) is 20.0 Å². The summed E-state index contributed by atoms with van der Waals surface area (Å²) in [7, 11) is 1.38. The van der Waals surface area contributed by atoms with E-state index in [0.717, 1.165) is 5.56 Å². The summed E-state index contributed by atoms with van der Waals surface area (Å²) >= 11 is 0. The highest BCUT2D eigenvalue weighted by Gasteiger charge is 2.30. The number of methoxy groups -OCH3 is 1. The molecule has 2 heterocycles. The minimum atomic E-state index is -0.695. The second-order valence-electron chi connectivity index (χ2n) is 6.40. The summed E-state index contributed by atoms with van der Waals surface area (Å²) in [6.45, 7) is 8.91. The van der Waals surface area contributed by atoms with E-state index in [1.807, 2.05) is 26.0 Å². The third-order valence-electron chi connectivity index (χ3n) is 3.79. The first-order valence-electron chi connectivity index (χ1n) is 8.59. The molecule has 0 unspecified atom stereocenters. The fourth-order valence-electron chi connectivity index (χ4n) is 2.48. The quantitative estimate of drug-likeness (QED) is 0.500. The minimum absolute atomic E-state index is 0.296. The third-order valence-corrected chi connectivity index (χ3v) is 3.79. The number of rotatable bonds is 9. The molecule has 0 saturated heterocycles. The first-order valence-corrected chi connectivity index (χ1v) is 8.59. The van der Waals surface area contributed by atoms with Crippen LogP contribution in [0.2, 0.25) is 0 Å². The molecular formula is C18H26N4O4. The molecule has 0 radical (unpaired) electrons. The highest BCUT2D eigenvalue weighted by Crippen LogP contribution is 2.23. The van der Waals surface area contributed by atoms with Gasteiger partial charge in [-0.25, -0.2) is 0 Å². The lowest BCUT2D eigenvalue weighted by molar-refractivity contribution is -0.151. The Hall–Kier alpha value is -2.32. The second kappa shape index (κ2) is 8.86. The first kappa shape index (κ1) is 20.0. The minimum Gasteiger partial charge on any atom is -0.469 e. The van der Waals surface area contributed by atoms with Crippen LogP contribution in [0.3, 0.4) is 0 Å². The standard InChI is InChI=1S/C18H26N4O4/c1-6-25-16(26-7-2)13-8-9-14(19-10-13)15-11-22(21-20-15)12-18(3,4)17(23)24-5/h8-11,16H,6-7,12H2,1-5H3. The van der Waals surface area contributed by atoms with E-state index in [0.29, 0.717) is 31.1 Å². The van der Waals surface area contributed by atoms with E-state index in [-0.39, 0.29) is 5.97 Å². The summed E-state index contributed by atoms with van der Waals surface area (Å²) in [4.78, 5) is 16.2. The lowest BCUT2D eigenvalue weighted by Crippen LogP contribution is -2.30. The molecule has 0 N–H and O–H groups in total. The highest BCUT2D eigenvalue weighted by molar-refractivity contribution is 5.75. The van der Waals surface area contributed by atoms with Gasteiger partial charge in [0.05, 0.1) is 31.0 Å². The average Bonchev–Trinajstić information content (AvgIpc) is 3.08. The van der Waals surface area contributed by atoms with Crippen LogP contribution in [0, 0.1) is 5.41 Å². The molecule has 0 aliphatic carbocycles.